The first-order valence-corrected chi connectivity index (χ1v) is 6.03. The molecule has 0 saturated heterocycles. The third-order valence-corrected chi connectivity index (χ3v) is 3.21. The predicted octanol–water partition coefficient (Wildman–Crippen LogP) is 2.24. The molecule has 2 N–H and O–H groups in total. The fourth-order valence-electron chi connectivity index (χ4n) is 1.91. The SMILES string of the molecule is O=C(NC1C=CC(C(=O)O)C1)c1cccc(Cl)c1F. The topological polar surface area (TPSA) is 66.4 Å². The summed E-state index contributed by atoms with van der Waals surface area (Å²) in [5.41, 5.74) is -0.153. The van der Waals surface area contributed by atoms with E-state index in [1.165, 1.54) is 24.3 Å². The number of aliphatic carboxylic acids is 1. The van der Waals surface area contributed by atoms with Crippen LogP contribution < -0.4 is 5.32 Å². The maximum Gasteiger partial charge on any atom is 0.310 e. The Morgan fingerprint density at radius 2 is 2.11 bits per heavy atom. The van der Waals surface area contributed by atoms with Crippen molar-refractivity contribution in [3.8, 4) is 0 Å². The van der Waals surface area contributed by atoms with Gasteiger partial charge in [-0.1, -0.05) is 29.8 Å². The van der Waals surface area contributed by atoms with Gasteiger partial charge in [-0.25, -0.2) is 4.39 Å². The number of hydrogen-bond donors (Lipinski definition) is 2. The summed E-state index contributed by atoms with van der Waals surface area (Å²) in [5, 5.41) is 11.3. The summed E-state index contributed by atoms with van der Waals surface area (Å²) in [4.78, 5) is 22.6. The summed E-state index contributed by atoms with van der Waals surface area (Å²) in [7, 11) is 0. The highest BCUT2D eigenvalue weighted by molar-refractivity contribution is 6.31. The zero-order valence-electron chi connectivity index (χ0n) is 9.77. The van der Waals surface area contributed by atoms with Gasteiger partial charge in [-0.05, 0) is 18.6 Å². The molecule has 1 aromatic carbocycles. The molecule has 1 aromatic rings. The van der Waals surface area contributed by atoms with Gasteiger partial charge in [0.15, 0.2) is 5.82 Å². The first-order valence-electron chi connectivity index (χ1n) is 5.65. The van der Waals surface area contributed by atoms with Gasteiger partial charge >= 0.3 is 5.97 Å². The summed E-state index contributed by atoms with van der Waals surface area (Å²) >= 11 is 5.59. The number of carboxylic acid groups (broad SMARTS) is 1. The Labute approximate surface area is 113 Å². The van der Waals surface area contributed by atoms with Gasteiger partial charge in [-0.2, -0.15) is 0 Å². The minimum atomic E-state index is -0.943. The zero-order valence-corrected chi connectivity index (χ0v) is 10.5. The van der Waals surface area contributed by atoms with Crippen LogP contribution in [0.3, 0.4) is 0 Å². The molecule has 0 saturated carbocycles. The first kappa shape index (κ1) is 13.5. The molecule has 4 nitrogen and oxygen atoms in total. The molecule has 2 unspecified atom stereocenters. The van der Waals surface area contributed by atoms with E-state index < -0.39 is 29.7 Å². The minimum Gasteiger partial charge on any atom is -0.481 e. The third kappa shape index (κ3) is 2.93. The van der Waals surface area contributed by atoms with Crippen molar-refractivity contribution >= 4 is 23.5 Å². The number of rotatable bonds is 3. The smallest absolute Gasteiger partial charge is 0.310 e. The van der Waals surface area contributed by atoms with Crippen LogP contribution in [-0.4, -0.2) is 23.0 Å². The molecule has 2 rings (SSSR count). The van der Waals surface area contributed by atoms with Crippen molar-refractivity contribution in [2.75, 3.05) is 0 Å². The molecular formula is C13H11ClFNO3. The summed E-state index contributed by atoms with van der Waals surface area (Å²) in [6, 6.07) is 3.74. The molecule has 100 valence electrons. The van der Waals surface area contributed by atoms with Gasteiger partial charge < -0.3 is 10.4 Å². The van der Waals surface area contributed by atoms with Crippen LogP contribution in [0.4, 0.5) is 4.39 Å². The summed E-state index contributed by atoms with van der Waals surface area (Å²) in [6.07, 6.45) is 3.38. The number of carboxylic acids is 1. The number of carbonyl (C=O) groups excluding carboxylic acids is 1. The highest BCUT2D eigenvalue weighted by atomic mass is 35.5. The largest absolute Gasteiger partial charge is 0.481 e. The standard InChI is InChI=1S/C13H11ClFNO3/c14-10-3-1-2-9(11(10)15)12(17)16-8-5-4-7(6-8)13(18)19/h1-5,7-8H,6H2,(H,16,17)(H,18,19). The van der Waals surface area contributed by atoms with Gasteiger partial charge in [-0.3, -0.25) is 9.59 Å². The van der Waals surface area contributed by atoms with Crippen LogP contribution in [0.1, 0.15) is 16.8 Å². The van der Waals surface area contributed by atoms with E-state index in [0.717, 1.165) is 0 Å². The van der Waals surface area contributed by atoms with Crippen LogP contribution >= 0.6 is 11.6 Å². The van der Waals surface area contributed by atoms with Crippen molar-refractivity contribution in [2.45, 2.75) is 12.5 Å². The fraction of sp³-hybridized carbons (Fsp3) is 0.231. The van der Waals surface area contributed by atoms with E-state index in [-0.39, 0.29) is 17.0 Å². The van der Waals surface area contributed by atoms with Gasteiger partial charge in [0, 0.05) is 6.04 Å². The lowest BCUT2D eigenvalue weighted by molar-refractivity contribution is -0.140. The van der Waals surface area contributed by atoms with E-state index in [9.17, 15) is 14.0 Å². The van der Waals surface area contributed by atoms with Crippen molar-refractivity contribution in [1.29, 1.82) is 0 Å². The van der Waals surface area contributed by atoms with Crippen LogP contribution in [0, 0.1) is 11.7 Å². The van der Waals surface area contributed by atoms with Crippen LogP contribution in [0.5, 0.6) is 0 Å². The molecule has 1 amide bonds. The predicted molar refractivity (Wildman–Crippen MR) is 67.5 cm³/mol. The van der Waals surface area contributed by atoms with E-state index >= 15 is 0 Å². The number of carbonyl (C=O) groups is 2. The second kappa shape index (κ2) is 5.40. The van der Waals surface area contributed by atoms with Crippen molar-refractivity contribution in [3.05, 3.63) is 46.8 Å². The molecule has 0 aliphatic heterocycles. The van der Waals surface area contributed by atoms with Gasteiger partial charge in [0.1, 0.15) is 0 Å². The maximum absolute atomic E-state index is 13.6. The quantitative estimate of drug-likeness (QED) is 0.836. The number of halogens is 2. The van der Waals surface area contributed by atoms with Crippen LogP contribution in [0.2, 0.25) is 5.02 Å². The van der Waals surface area contributed by atoms with Crippen molar-refractivity contribution in [1.82, 2.24) is 5.32 Å². The zero-order chi connectivity index (χ0) is 14.0. The van der Waals surface area contributed by atoms with Crippen LogP contribution in [0.15, 0.2) is 30.4 Å². The molecular weight excluding hydrogens is 273 g/mol. The molecule has 0 radical (unpaired) electrons. The summed E-state index contributed by atoms with van der Waals surface area (Å²) < 4.78 is 13.6. The van der Waals surface area contributed by atoms with Gasteiger partial charge in [-0.15, -0.1) is 0 Å². The summed E-state index contributed by atoms with van der Waals surface area (Å²) in [6.45, 7) is 0. The Bertz CT molecular complexity index is 559. The maximum atomic E-state index is 13.6. The normalized spacial score (nSPS) is 21.4. The molecule has 0 aromatic heterocycles. The second-order valence-corrected chi connectivity index (χ2v) is 4.65. The highest BCUT2D eigenvalue weighted by Gasteiger charge is 2.26. The summed E-state index contributed by atoms with van der Waals surface area (Å²) in [5.74, 6) is -2.95. The number of benzene rings is 1. The van der Waals surface area contributed by atoms with Gasteiger partial charge in [0.05, 0.1) is 16.5 Å². The Kier molecular flexibility index (Phi) is 3.85. The molecule has 0 heterocycles. The average molecular weight is 284 g/mol. The number of amides is 1. The van der Waals surface area contributed by atoms with E-state index in [1.54, 1.807) is 6.08 Å². The molecule has 6 heteroatoms. The number of hydrogen-bond acceptors (Lipinski definition) is 2. The molecule has 0 spiro atoms. The first-order chi connectivity index (χ1) is 8.99. The fourth-order valence-corrected chi connectivity index (χ4v) is 2.09. The van der Waals surface area contributed by atoms with Gasteiger partial charge in [0.25, 0.3) is 5.91 Å². The molecule has 0 fully saturated rings. The van der Waals surface area contributed by atoms with E-state index in [4.69, 9.17) is 16.7 Å². The average Bonchev–Trinajstić information content (AvgIpc) is 2.81. The lowest BCUT2D eigenvalue weighted by Gasteiger charge is -2.12. The highest BCUT2D eigenvalue weighted by Crippen LogP contribution is 2.20. The minimum absolute atomic E-state index is 0.127. The molecule has 2 atom stereocenters. The van der Waals surface area contributed by atoms with Crippen molar-refractivity contribution in [3.63, 3.8) is 0 Å². The third-order valence-electron chi connectivity index (χ3n) is 2.91. The molecule has 0 bridgehead atoms. The number of nitrogens with one attached hydrogen (secondary N) is 1. The second-order valence-electron chi connectivity index (χ2n) is 4.25. The Hall–Kier alpha value is -1.88. The van der Waals surface area contributed by atoms with Crippen molar-refractivity contribution in [2.24, 2.45) is 5.92 Å². The molecule has 19 heavy (non-hydrogen) atoms. The Balaban J connectivity index is 2.05. The lowest BCUT2D eigenvalue weighted by Crippen LogP contribution is -2.33. The lowest BCUT2D eigenvalue weighted by atomic mass is 10.1. The monoisotopic (exact) mass is 283 g/mol. The van der Waals surface area contributed by atoms with Crippen LogP contribution in [0.25, 0.3) is 0 Å². The van der Waals surface area contributed by atoms with E-state index in [0.29, 0.717) is 0 Å². The molecule has 1 aliphatic carbocycles. The van der Waals surface area contributed by atoms with E-state index in [2.05, 4.69) is 5.32 Å². The van der Waals surface area contributed by atoms with Crippen LogP contribution in [-0.2, 0) is 4.79 Å². The van der Waals surface area contributed by atoms with E-state index in [1.807, 2.05) is 0 Å². The van der Waals surface area contributed by atoms with Gasteiger partial charge in [0.2, 0.25) is 0 Å². The Morgan fingerprint density at radius 3 is 2.74 bits per heavy atom. The van der Waals surface area contributed by atoms with Crippen molar-refractivity contribution < 1.29 is 19.1 Å². The Morgan fingerprint density at radius 1 is 1.37 bits per heavy atom. The molecule has 1 aliphatic rings.